The van der Waals surface area contributed by atoms with Crippen molar-refractivity contribution in [2.75, 3.05) is 6.54 Å². The van der Waals surface area contributed by atoms with E-state index >= 15 is 0 Å². The predicted octanol–water partition coefficient (Wildman–Crippen LogP) is 4.85. The van der Waals surface area contributed by atoms with Crippen LogP contribution >= 0.6 is 38.5 Å². The van der Waals surface area contributed by atoms with Gasteiger partial charge in [0.1, 0.15) is 0 Å². The molecular weight excluding hydrogens is 427 g/mol. The summed E-state index contributed by atoms with van der Waals surface area (Å²) < 4.78 is 2.37. The van der Waals surface area contributed by atoms with Crippen LogP contribution in [0, 0.1) is 10.5 Å². The van der Waals surface area contributed by atoms with E-state index in [2.05, 4.69) is 86.1 Å². The maximum atomic E-state index is 4.43. The lowest BCUT2D eigenvalue weighted by Gasteiger charge is -2.21. The van der Waals surface area contributed by atoms with Crippen molar-refractivity contribution in [1.82, 2.24) is 10.3 Å². The Balaban J connectivity index is 2.41. The summed E-state index contributed by atoms with van der Waals surface area (Å²) in [7, 11) is 0. The molecule has 106 valence electrons. The number of benzene rings is 1. The van der Waals surface area contributed by atoms with Crippen LogP contribution in [0.25, 0.3) is 0 Å². The van der Waals surface area contributed by atoms with Crippen LogP contribution in [0.4, 0.5) is 0 Å². The number of aromatic nitrogens is 1. The molecule has 0 radical (unpaired) electrons. The van der Waals surface area contributed by atoms with Gasteiger partial charge in [0, 0.05) is 19.9 Å². The summed E-state index contributed by atoms with van der Waals surface area (Å²) in [6.07, 6.45) is 3.08. The van der Waals surface area contributed by atoms with Gasteiger partial charge in [0.2, 0.25) is 0 Å². The maximum Gasteiger partial charge on any atom is 0.0603 e. The average Bonchev–Trinajstić information content (AvgIpc) is 2.44. The lowest BCUT2D eigenvalue weighted by atomic mass is 10.00. The van der Waals surface area contributed by atoms with Crippen LogP contribution in [-0.2, 0) is 0 Å². The molecule has 0 amide bonds. The minimum atomic E-state index is 0.173. The van der Waals surface area contributed by atoms with Crippen molar-refractivity contribution < 1.29 is 0 Å². The highest BCUT2D eigenvalue weighted by molar-refractivity contribution is 14.1. The molecule has 0 aliphatic rings. The number of pyridine rings is 1. The van der Waals surface area contributed by atoms with Gasteiger partial charge in [0.15, 0.2) is 0 Å². The molecule has 1 unspecified atom stereocenters. The van der Waals surface area contributed by atoms with Crippen LogP contribution in [0.2, 0.25) is 0 Å². The topological polar surface area (TPSA) is 24.9 Å². The molecule has 2 aromatic rings. The first-order valence-electron chi connectivity index (χ1n) is 6.72. The number of hydrogen-bond acceptors (Lipinski definition) is 2. The van der Waals surface area contributed by atoms with Crippen LogP contribution in [0.5, 0.6) is 0 Å². The van der Waals surface area contributed by atoms with Gasteiger partial charge in [-0.05, 0) is 77.9 Å². The smallest absolute Gasteiger partial charge is 0.0603 e. The molecular formula is C16H18BrIN2. The maximum absolute atomic E-state index is 4.43. The van der Waals surface area contributed by atoms with E-state index in [4.69, 9.17) is 0 Å². The van der Waals surface area contributed by atoms with Gasteiger partial charge in [-0.1, -0.05) is 28.9 Å². The van der Waals surface area contributed by atoms with Crippen molar-refractivity contribution in [2.24, 2.45) is 0 Å². The molecule has 1 heterocycles. The molecule has 1 atom stereocenters. The normalized spacial score (nSPS) is 12.4. The van der Waals surface area contributed by atoms with Crippen molar-refractivity contribution >= 4 is 38.5 Å². The molecule has 0 aliphatic heterocycles. The summed E-state index contributed by atoms with van der Waals surface area (Å²) in [6, 6.07) is 10.8. The summed E-state index contributed by atoms with van der Waals surface area (Å²) in [6.45, 7) is 5.18. The Morgan fingerprint density at radius 3 is 2.75 bits per heavy atom. The van der Waals surface area contributed by atoms with Gasteiger partial charge in [-0.25, -0.2) is 0 Å². The molecule has 0 bridgehead atoms. The third-order valence-electron chi connectivity index (χ3n) is 3.14. The standard InChI is InChI=1S/C16H18BrIN2/c1-3-8-19-16(12-5-4-11(2)20-10-12)14-9-13(18)6-7-15(14)17/h4-7,9-10,16,19H,3,8H2,1-2H3. The Morgan fingerprint density at radius 2 is 2.10 bits per heavy atom. The molecule has 2 rings (SSSR count). The monoisotopic (exact) mass is 444 g/mol. The predicted molar refractivity (Wildman–Crippen MR) is 96.0 cm³/mol. The lowest BCUT2D eigenvalue weighted by Crippen LogP contribution is -2.23. The number of aryl methyl sites for hydroxylation is 1. The first-order chi connectivity index (χ1) is 9.61. The second kappa shape index (κ2) is 7.52. The van der Waals surface area contributed by atoms with E-state index in [1.807, 2.05) is 13.1 Å². The Labute approximate surface area is 142 Å². The first kappa shape index (κ1) is 15.9. The van der Waals surface area contributed by atoms with E-state index in [9.17, 15) is 0 Å². The molecule has 0 fully saturated rings. The van der Waals surface area contributed by atoms with E-state index in [-0.39, 0.29) is 6.04 Å². The number of halogens is 2. The number of nitrogens with zero attached hydrogens (tertiary/aromatic N) is 1. The quantitative estimate of drug-likeness (QED) is 0.667. The molecule has 0 aliphatic carbocycles. The Kier molecular flexibility index (Phi) is 5.99. The second-order valence-electron chi connectivity index (χ2n) is 4.79. The highest BCUT2D eigenvalue weighted by Gasteiger charge is 2.16. The number of rotatable bonds is 5. The molecule has 2 nitrogen and oxygen atoms in total. The summed E-state index contributed by atoms with van der Waals surface area (Å²) in [5, 5.41) is 3.62. The van der Waals surface area contributed by atoms with Crippen LogP contribution in [0.1, 0.15) is 36.2 Å². The van der Waals surface area contributed by atoms with Gasteiger partial charge in [-0.15, -0.1) is 0 Å². The molecule has 4 heteroatoms. The van der Waals surface area contributed by atoms with E-state index in [0.29, 0.717) is 0 Å². The van der Waals surface area contributed by atoms with Crippen molar-refractivity contribution in [1.29, 1.82) is 0 Å². The van der Waals surface area contributed by atoms with Crippen LogP contribution in [-0.4, -0.2) is 11.5 Å². The van der Waals surface area contributed by atoms with Crippen molar-refractivity contribution in [3.05, 3.63) is 61.4 Å². The molecule has 0 spiro atoms. The van der Waals surface area contributed by atoms with Crippen molar-refractivity contribution in [3.8, 4) is 0 Å². The highest BCUT2D eigenvalue weighted by atomic mass is 127. The lowest BCUT2D eigenvalue weighted by molar-refractivity contribution is 0.595. The van der Waals surface area contributed by atoms with Gasteiger partial charge in [0.05, 0.1) is 6.04 Å². The second-order valence-corrected chi connectivity index (χ2v) is 6.89. The zero-order chi connectivity index (χ0) is 14.5. The minimum absolute atomic E-state index is 0.173. The van der Waals surface area contributed by atoms with E-state index < -0.39 is 0 Å². The number of nitrogens with one attached hydrogen (secondary N) is 1. The number of hydrogen-bond donors (Lipinski definition) is 1. The Morgan fingerprint density at radius 1 is 1.30 bits per heavy atom. The van der Waals surface area contributed by atoms with Crippen molar-refractivity contribution in [2.45, 2.75) is 26.3 Å². The largest absolute Gasteiger partial charge is 0.306 e. The summed E-state index contributed by atoms with van der Waals surface area (Å²) >= 11 is 6.02. The van der Waals surface area contributed by atoms with Gasteiger partial charge in [0.25, 0.3) is 0 Å². The molecule has 0 saturated heterocycles. The minimum Gasteiger partial charge on any atom is -0.306 e. The van der Waals surface area contributed by atoms with E-state index in [1.54, 1.807) is 0 Å². The Bertz CT molecular complexity index is 569. The fraction of sp³-hybridized carbons (Fsp3) is 0.312. The third kappa shape index (κ3) is 4.02. The van der Waals surface area contributed by atoms with Crippen molar-refractivity contribution in [3.63, 3.8) is 0 Å². The zero-order valence-corrected chi connectivity index (χ0v) is 15.4. The summed E-state index contributed by atoms with van der Waals surface area (Å²) in [4.78, 5) is 4.43. The molecule has 1 aromatic carbocycles. The SMILES string of the molecule is CCCNC(c1ccc(C)nc1)c1cc(I)ccc1Br. The third-order valence-corrected chi connectivity index (χ3v) is 4.53. The zero-order valence-electron chi connectivity index (χ0n) is 11.7. The first-order valence-corrected chi connectivity index (χ1v) is 8.60. The fourth-order valence-electron chi connectivity index (χ4n) is 2.08. The van der Waals surface area contributed by atoms with Gasteiger partial charge >= 0.3 is 0 Å². The van der Waals surface area contributed by atoms with Gasteiger partial charge < -0.3 is 5.32 Å². The highest BCUT2D eigenvalue weighted by Crippen LogP contribution is 2.30. The van der Waals surface area contributed by atoms with Crippen LogP contribution in [0.3, 0.4) is 0 Å². The summed E-state index contributed by atoms with van der Waals surface area (Å²) in [5.74, 6) is 0. The van der Waals surface area contributed by atoms with Gasteiger partial charge in [-0.3, -0.25) is 4.98 Å². The molecule has 0 saturated carbocycles. The van der Waals surface area contributed by atoms with E-state index in [1.165, 1.54) is 14.7 Å². The average molecular weight is 445 g/mol. The summed E-state index contributed by atoms with van der Waals surface area (Å²) in [5.41, 5.74) is 3.51. The fourth-order valence-corrected chi connectivity index (χ4v) is 3.07. The van der Waals surface area contributed by atoms with Crippen LogP contribution < -0.4 is 5.32 Å². The molecule has 20 heavy (non-hydrogen) atoms. The van der Waals surface area contributed by atoms with E-state index in [0.717, 1.165) is 23.1 Å². The van der Waals surface area contributed by atoms with Gasteiger partial charge in [-0.2, -0.15) is 0 Å². The molecule has 1 N–H and O–H groups in total. The molecule has 1 aromatic heterocycles. The van der Waals surface area contributed by atoms with Crippen LogP contribution in [0.15, 0.2) is 41.0 Å². The Hall–Kier alpha value is -0.460.